The highest BCUT2D eigenvalue weighted by Crippen LogP contribution is 2.21. The number of nitrogens with one attached hydrogen (secondary N) is 2. The number of hydrogen-bond donors (Lipinski definition) is 2. The summed E-state index contributed by atoms with van der Waals surface area (Å²) in [5.41, 5.74) is 3.48. The number of anilines is 1. The van der Waals surface area contributed by atoms with E-state index in [2.05, 4.69) is 26.3 Å². The van der Waals surface area contributed by atoms with Gasteiger partial charge in [-0.05, 0) is 41.5 Å². The molecule has 5 nitrogen and oxygen atoms in total. The molecule has 0 radical (unpaired) electrons. The van der Waals surface area contributed by atoms with Crippen LogP contribution in [0.15, 0.2) is 55.0 Å². The van der Waals surface area contributed by atoms with Crippen molar-refractivity contribution in [3.8, 4) is 6.07 Å². The van der Waals surface area contributed by atoms with E-state index in [9.17, 15) is 8.78 Å². The lowest BCUT2D eigenvalue weighted by Gasteiger charge is -2.08. The summed E-state index contributed by atoms with van der Waals surface area (Å²) in [6.07, 6.45) is 5.76. The normalized spacial score (nSPS) is 10.8. The number of pyridine rings is 2. The maximum Gasteiger partial charge on any atom is 0.137 e. The SMILES string of the molecule is N#Cc1cnc2[nH]cc(Cc3ccc(NCc4cc(F)ccc4F)nc3)c2c1. The molecule has 1 aromatic carbocycles. The zero-order valence-corrected chi connectivity index (χ0v) is 14.7. The van der Waals surface area contributed by atoms with Crippen LogP contribution in [0.1, 0.15) is 22.3 Å². The lowest BCUT2D eigenvalue weighted by molar-refractivity contribution is 0.587. The topological polar surface area (TPSA) is 77.4 Å². The number of aromatic amines is 1. The van der Waals surface area contributed by atoms with E-state index in [1.807, 2.05) is 18.3 Å². The molecule has 0 fully saturated rings. The van der Waals surface area contributed by atoms with Gasteiger partial charge in [-0.3, -0.25) is 0 Å². The molecule has 0 unspecified atom stereocenters. The molecule has 0 amide bonds. The Morgan fingerprint density at radius 3 is 2.71 bits per heavy atom. The summed E-state index contributed by atoms with van der Waals surface area (Å²) in [5, 5.41) is 12.9. The predicted molar refractivity (Wildman–Crippen MR) is 102 cm³/mol. The quantitative estimate of drug-likeness (QED) is 0.545. The van der Waals surface area contributed by atoms with E-state index in [1.165, 1.54) is 6.20 Å². The Balaban J connectivity index is 1.46. The highest BCUT2D eigenvalue weighted by atomic mass is 19.1. The molecule has 4 rings (SSSR count). The molecule has 0 atom stereocenters. The van der Waals surface area contributed by atoms with Crippen LogP contribution in [0.4, 0.5) is 14.6 Å². The maximum absolute atomic E-state index is 13.7. The van der Waals surface area contributed by atoms with Crippen molar-refractivity contribution < 1.29 is 8.78 Å². The van der Waals surface area contributed by atoms with Crippen LogP contribution >= 0.6 is 0 Å². The monoisotopic (exact) mass is 375 g/mol. The summed E-state index contributed by atoms with van der Waals surface area (Å²) in [7, 11) is 0. The van der Waals surface area contributed by atoms with Gasteiger partial charge in [0.2, 0.25) is 0 Å². The molecule has 3 heterocycles. The number of hydrogen-bond acceptors (Lipinski definition) is 4. The first-order valence-corrected chi connectivity index (χ1v) is 8.61. The molecule has 28 heavy (non-hydrogen) atoms. The van der Waals surface area contributed by atoms with Crippen LogP contribution < -0.4 is 5.32 Å². The summed E-state index contributed by atoms with van der Waals surface area (Å²) in [5.74, 6) is -0.371. The number of fused-ring (bicyclic) bond motifs is 1. The number of nitrogens with zero attached hydrogens (tertiary/aromatic N) is 3. The summed E-state index contributed by atoms with van der Waals surface area (Å²) in [6, 6.07) is 11.0. The first-order chi connectivity index (χ1) is 13.6. The van der Waals surface area contributed by atoms with Crippen molar-refractivity contribution in [1.82, 2.24) is 15.0 Å². The van der Waals surface area contributed by atoms with Crippen LogP contribution in [0, 0.1) is 23.0 Å². The number of benzene rings is 1. The van der Waals surface area contributed by atoms with E-state index in [1.54, 1.807) is 12.3 Å². The summed E-state index contributed by atoms with van der Waals surface area (Å²) in [6.45, 7) is 0.140. The van der Waals surface area contributed by atoms with Crippen LogP contribution in [0.25, 0.3) is 11.0 Å². The first kappa shape index (κ1) is 17.6. The van der Waals surface area contributed by atoms with E-state index >= 15 is 0 Å². The van der Waals surface area contributed by atoms with Gasteiger partial charge >= 0.3 is 0 Å². The van der Waals surface area contributed by atoms with Gasteiger partial charge in [-0.1, -0.05) is 6.07 Å². The Hall–Kier alpha value is -3.79. The second kappa shape index (κ2) is 7.45. The average molecular weight is 375 g/mol. The van der Waals surface area contributed by atoms with E-state index in [0.717, 1.165) is 40.4 Å². The third-order valence-corrected chi connectivity index (χ3v) is 4.43. The Morgan fingerprint density at radius 2 is 1.93 bits per heavy atom. The second-order valence-electron chi connectivity index (χ2n) is 6.36. The molecule has 0 saturated heterocycles. The molecule has 0 aliphatic carbocycles. The number of H-pyrrole nitrogens is 1. The van der Waals surface area contributed by atoms with E-state index in [0.29, 0.717) is 17.8 Å². The summed E-state index contributed by atoms with van der Waals surface area (Å²) < 4.78 is 26.9. The highest BCUT2D eigenvalue weighted by Gasteiger charge is 2.08. The highest BCUT2D eigenvalue weighted by molar-refractivity contribution is 5.81. The van der Waals surface area contributed by atoms with Gasteiger partial charge in [-0.15, -0.1) is 0 Å². The fourth-order valence-electron chi connectivity index (χ4n) is 2.98. The smallest absolute Gasteiger partial charge is 0.137 e. The zero-order chi connectivity index (χ0) is 19.5. The molecule has 0 aliphatic rings. The number of nitriles is 1. The molecular weight excluding hydrogens is 360 g/mol. The van der Waals surface area contributed by atoms with Gasteiger partial charge in [-0.25, -0.2) is 18.7 Å². The molecule has 2 N–H and O–H groups in total. The van der Waals surface area contributed by atoms with Crippen molar-refractivity contribution >= 4 is 16.9 Å². The molecule has 0 aliphatic heterocycles. The molecule has 138 valence electrons. The Labute approximate surface area is 159 Å². The fraction of sp³-hybridized carbons (Fsp3) is 0.0952. The zero-order valence-electron chi connectivity index (χ0n) is 14.7. The standard InChI is InChI=1S/C21H15F2N5/c22-17-2-3-19(23)16(7-17)12-26-20-4-1-13(9-25-20)5-15-11-28-21-18(15)6-14(8-24)10-27-21/h1-4,6-7,9-11H,5,12H2,(H,25,26)(H,27,28). The van der Waals surface area contributed by atoms with E-state index < -0.39 is 11.6 Å². The van der Waals surface area contributed by atoms with Crippen LogP contribution in [-0.2, 0) is 13.0 Å². The van der Waals surface area contributed by atoms with Gasteiger partial charge in [0.15, 0.2) is 0 Å². The molecule has 0 saturated carbocycles. The molecule has 0 bridgehead atoms. The van der Waals surface area contributed by atoms with Gasteiger partial charge in [0.25, 0.3) is 0 Å². The summed E-state index contributed by atoms with van der Waals surface area (Å²) >= 11 is 0. The van der Waals surface area contributed by atoms with Crippen molar-refractivity contribution in [3.63, 3.8) is 0 Å². The van der Waals surface area contributed by atoms with Crippen LogP contribution in [0.3, 0.4) is 0 Å². The molecule has 7 heteroatoms. The van der Waals surface area contributed by atoms with Crippen LogP contribution in [0.2, 0.25) is 0 Å². The predicted octanol–water partition coefficient (Wildman–Crippen LogP) is 4.31. The Morgan fingerprint density at radius 1 is 1.04 bits per heavy atom. The minimum absolute atomic E-state index is 0.140. The van der Waals surface area contributed by atoms with Crippen LogP contribution in [0.5, 0.6) is 0 Å². The minimum atomic E-state index is -0.478. The van der Waals surface area contributed by atoms with Crippen molar-refractivity contribution in [3.05, 3.63) is 88.9 Å². The van der Waals surface area contributed by atoms with Crippen molar-refractivity contribution in [2.24, 2.45) is 0 Å². The molecule has 3 aromatic heterocycles. The minimum Gasteiger partial charge on any atom is -0.366 e. The lowest BCUT2D eigenvalue weighted by atomic mass is 10.1. The molecular formula is C21H15F2N5. The van der Waals surface area contributed by atoms with Crippen molar-refractivity contribution in [1.29, 1.82) is 5.26 Å². The largest absolute Gasteiger partial charge is 0.366 e. The van der Waals surface area contributed by atoms with Gasteiger partial charge in [0.1, 0.15) is 29.2 Å². The first-order valence-electron chi connectivity index (χ1n) is 8.61. The third kappa shape index (κ3) is 3.67. The number of aromatic nitrogens is 3. The number of rotatable bonds is 5. The van der Waals surface area contributed by atoms with E-state index in [-0.39, 0.29) is 12.1 Å². The molecule has 4 aromatic rings. The lowest BCUT2D eigenvalue weighted by Crippen LogP contribution is -2.04. The Kier molecular flexibility index (Phi) is 4.68. The van der Waals surface area contributed by atoms with Gasteiger partial charge in [0.05, 0.1) is 5.56 Å². The van der Waals surface area contributed by atoms with Crippen LogP contribution in [-0.4, -0.2) is 15.0 Å². The maximum atomic E-state index is 13.7. The Bertz CT molecular complexity index is 1180. The van der Waals surface area contributed by atoms with Crippen molar-refractivity contribution in [2.45, 2.75) is 13.0 Å². The fourth-order valence-corrected chi connectivity index (χ4v) is 2.98. The number of halogens is 2. The molecule has 0 spiro atoms. The summed E-state index contributed by atoms with van der Waals surface area (Å²) in [4.78, 5) is 11.7. The third-order valence-electron chi connectivity index (χ3n) is 4.43. The van der Waals surface area contributed by atoms with E-state index in [4.69, 9.17) is 5.26 Å². The van der Waals surface area contributed by atoms with Gasteiger partial charge in [0, 0.05) is 42.5 Å². The van der Waals surface area contributed by atoms with Gasteiger partial charge < -0.3 is 10.3 Å². The van der Waals surface area contributed by atoms with Crippen molar-refractivity contribution in [2.75, 3.05) is 5.32 Å². The van der Waals surface area contributed by atoms with Gasteiger partial charge in [-0.2, -0.15) is 5.26 Å². The second-order valence-corrected chi connectivity index (χ2v) is 6.36. The average Bonchev–Trinajstić information content (AvgIpc) is 3.11.